The van der Waals surface area contributed by atoms with Crippen molar-refractivity contribution < 1.29 is 14.3 Å². The van der Waals surface area contributed by atoms with Crippen molar-refractivity contribution in [2.45, 2.75) is 50.2 Å². The monoisotopic (exact) mass is 263 g/mol. The fourth-order valence-electron chi connectivity index (χ4n) is 3.24. The van der Waals surface area contributed by atoms with Crippen LogP contribution in [0.25, 0.3) is 0 Å². The minimum absolute atomic E-state index is 0.164. The van der Waals surface area contributed by atoms with Crippen LogP contribution in [0.3, 0.4) is 0 Å². The molecule has 102 valence electrons. The summed E-state index contributed by atoms with van der Waals surface area (Å²) in [6.07, 6.45) is 4.19. The Morgan fingerprint density at radius 3 is 2.84 bits per heavy atom. The minimum Gasteiger partial charge on any atom is -0.380 e. The number of aliphatic hydroxyl groups is 1. The minimum atomic E-state index is -1.21. The Labute approximate surface area is 111 Å². The first kappa shape index (κ1) is 12.6. The summed E-state index contributed by atoms with van der Waals surface area (Å²) in [5.41, 5.74) is 0.344. The molecule has 1 aromatic carbocycles. The highest BCUT2D eigenvalue weighted by molar-refractivity contribution is 5.85. The zero-order valence-corrected chi connectivity index (χ0v) is 10.8. The molecule has 0 radical (unpaired) electrons. The average molecular weight is 263 g/mol. The molecule has 1 aromatic rings. The largest absolute Gasteiger partial charge is 0.380 e. The van der Waals surface area contributed by atoms with E-state index in [2.05, 4.69) is 5.32 Å². The Hall–Kier alpha value is -1.42. The fourth-order valence-corrected chi connectivity index (χ4v) is 3.24. The summed E-state index contributed by atoms with van der Waals surface area (Å²) in [5, 5.41) is 13.1. The maximum Gasteiger partial charge on any atom is 0.252 e. The summed E-state index contributed by atoms with van der Waals surface area (Å²) in [6, 6.07) is 4.81. The van der Waals surface area contributed by atoms with E-state index < -0.39 is 5.60 Å². The van der Waals surface area contributed by atoms with Crippen molar-refractivity contribution in [2.75, 3.05) is 0 Å². The molecule has 0 aromatic heterocycles. The molecule has 0 heterocycles. The molecule has 4 heteroatoms. The maximum atomic E-state index is 13.6. The fraction of sp³-hybridized carbons (Fsp3) is 0.533. The number of halogens is 1. The first-order chi connectivity index (χ1) is 9.10. The standard InChI is InChI=1S/C15H18FNO2/c16-12-5-3-4-11-10(12)6-7-13(11)17-14(18)15(19)8-1-2-9-15/h3-5,13,19H,1-2,6-9H2,(H,17,18). The van der Waals surface area contributed by atoms with Gasteiger partial charge in [0.1, 0.15) is 11.4 Å². The third-order valence-corrected chi connectivity index (χ3v) is 4.37. The van der Waals surface area contributed by atoms with Gasteiger partial charge in [-0.25, -0.2) is 4.39 Å². The van der Waals surface area contributed by atoms with Crippen LogP contribution in [0.15, 0.2) is 18.2 Å². The highest BCUT2D eigenvalue weighted by atomic mass is 19.1. The van der Waals surface area contributed by atoms with E-state index >= 15 is 0 Å². The molecule has 0 saturated heterocycles. The van der Waals surface area contributed by atoms with E-state index in [-0.39, 0.29) is 17.8 Å². The molecule has 1 atom stereocenters. The number of carbonyl (C=O) groups excluding carboxylic acids is 1. The molecular formula is C15H18FNO2. The Morgan fingerprint density at radius 2 is 2.11 bits per heavy atom. The summed E-state index contributed by atoms with van der Waals surface area (Å²) in [5.74, 6) is -0.499. The Balaban J connectivity index is 1.76. The van der Waals surface area contributed by atoms with Crippen LogP contribution >= 0.6 is 0 Å². The molecule has 1 saturated carbocycles. The van der Waals surface area contributed by atoms with Crippen molar-refractivity contribution in [3.63, 3.8) is 0 Å². The Morgan fingerprint density at radius 1 is 1.37 bits per heavy atom. The van der Waals surface area contributed by atoms with Crippen LogP contribution in [0.1, 0.15) is 49.3 Å². The molecule has 3 nitrogen and oxygen atoms in total. The van der Waals surface area contributed by atoms with Crippen LogP contribution < -0.4 is 5.32 Å². The van der Waals surface area contributed by atoms with Gasteiger partial charge in [-0.15, -0.1) is 0 Å². The number of rotatable bonds is 2. The third kappa shape index (κ3) is 2.14. The lowest BCUT2D eigenvalue weighted by Gasteiger charge is -2.24. The van der Waals surface area contributed by atoms with Gasteiger partial charge in [0.15, 0.2) is 0 Å². The number of benzene rings is 1. The number of fused-ring (bicyclic) bond motifs is 1. The van der Waals surface area contributed by atoms with Gasteiger partial charge in [0.25, 0.3) is 5.91 Å². The van der Waals surface area contributed by atoms with Gasteiger partial charge in [0, 0.05) is 0 Å². The highest BCUT2D eigenvalue weighted by Crippen LogP contribution is 2.35. The van der Waals surface area contributed by atoms with Crippen LogP contribution in [0.4, 0.5) is 4.39 Å². The van der Waals surface area contributed by atoms with Crippen molar-refractivity contribution in [3.8, 4) is 0 Å². The van der Waals surface area contributed by atoms with E-state index in [0.717, 1.165) is 18.4 Å². The Bertz CT molecular complexity index is 509. The van der Waals surface area contributed by atoms with Crippen LogP contribution in [0.5, 0.6) is 0 Å². The first-order valence-corrected chi connectivity index (χ1v) is 6.91. The number of nitrogens with one attached hydrogen (secondary N) is 1. The lowest BCUT2D eigenvalue weighted by atomic mass is 10.00. The van der Waals surface area contributed by atoms with Crippen molar-refractivity contribution in [3.05, 3.63) is 35.1 Å². The summed E-state index contributed by atoms with van der Waals surface area (Å²) < 4.78 is 13.6. The molecule has 2 N–H and O–H groups in total. The lowest BCUT2D eigenvalue weighted by Crippen LogP contribution is -2.45. The van der Waals surface area contributed by atoms with Crippen molar-refractivity contribution in [1.29, 1.82) is 0 Å². The molecule has 0 spiro atoms. The predicted octanol–water partition coefficient (Wildman–Crippen LogP) is 2.23. The van der Waals surface area contributed by atoms with E-state index in [9.17, 15) is 14.3 Å². The molecule has 1 unspecified atom stereocenters. The summed E-state index contributed by atoms with van der Waals surface area (Å²) in [7, 11) is 0. The van der Waals surface area contributed by atoms with Gasteiger partial charge in [0.2, 0.25) is 0 Å². The van der Waals surface area contributed by atoms with Crippen molar-refractivity contribution in [1.82, 2.24) is 5.32 Å². The second-order valence-corrected chi connectivity index (χ2v) is 5.61. The smallest absolute Gasteiger partial charge is 0.252 e. The molecule has 0 aliphatic heterocycles. The zero-order chi connectivity index (χ0) is 13.5. The summed E-state index contributed by atoms with van der Waals surface area (Å²) in [6.45, 7) is 0. The molecule has 0 bridgehead atoms. The van der Waals surface area contributed by atoms with E-state index in [1.165, 1.54) is 6.07 Å². The Kier molecular flexibility index (Phi) is 3.05. The first-order valence-electron chi connectivity index (χ1n) is 6.91. The van der Waals surface area contributed by atoms with Gasteiger partial charge >= 0.3 is 0 Å². The van der Waals surface area contributed by atoms with Crippen LogP contribution in [-0.4, -0.2) is 16.6 Å². The molecular weight excluding hydrogens is 245 g/mol. The normalized spacial score (nSPS) is 24.2. The maximum absolute atomic E-state index is 13.6. The van der Waals surface area contributed by atoms with Gasteiger partial charge in [-0.3, -0.25) is 4.79 Å². The quantitative estimate of drug-likeness (QED) is 0.859. The zero-order valence-electron chi connectivity index (χ0n) is 10.8. The van der Waals surface area contributed by atoms with E-state index in [0.29, 0.717) is 31.2 Å². The van der Waals surface area contributed by atoms with Crippen LogP contribution in [0.2, 0.25) is 0 Å². The summed E-state index contributed by atoms with van der Waals surface area (Å²) in [4.78, 5) is 12.2. The van der Waals surface area contributed by atoms with E-state index in [1.54, 1.807) is 6.07 Å². The second-order valence-electron chi connectivity index (χ2n) is 5.61. The van der Waals surface area contributed by atoms with E-state index in [1.807, 2.05) is 6.07 Å². The number of hydrogen-bond acceptors (Lipinski definition) is 2. The van der Waals surface area contributed by atoms with Crippen LogP contribution in [-0.2, 0) is 11.2 Å². The van der Waals surface area contributed by atoms with Crippen LogP contribution in [0, 0.1) is 5.82 Å². The van der Waals surface area contributed by atoms with Crippen molar-refractivity contribution >= 4 is 5.91 Å². The number of amides is 1. The molecule has 1 fully saturated rings. The summed E-state index contributed by atoms with van der Waals surface area (Å²) >= 11 is 0. The van der Waals surface area contributed by atoms with Crippen molar-refractivity contribution in [2.24, 2.45) is 0 Å². The lowest BCUT2D eigenvalue weighted by molar-refractivity contribution is -0.140. The van der Waals surface area contributed by atoms with Gasteiger partial charge in [0.05, 0.1) is 6.04 Å². The molecule has 19 heavy (non-hydrogen) atoms. The molecule has 2 aliphatic rings. The van der Waals surface area contributed by atoms with Gasteiger partial charge in [-0.2, -0.15) is 0 Å². The predicted molar refractivity (Wildman–Crippen MR) is 69.0 cm³/mol. The molecule has 2 aliphatic carbocycles. The topological polar surface area (TPSA) is 49.3 Å². The molecule has 1 amide bonds. The van der Waals surface area contributed by atoms with Gasteiger partial charge in [-0.1, -0.05) is 12.1 Å². The average Bonchev–Trinajstić information content (AvgIpc) is 2.99. The highest BCUT2D eigenvalue weighted by Gasteiger charge is 2.40. The third-order valence-electron chi connectivity index (χ3n) is 4.37. The molecule has 3 rings (SSSR count). The number of carbonyl (C=O) groups is 1. The van der Waals surface area contributed by atoms with Gasteiger partial charge < -0.3 is 10.4 Å². The SMILES string of the molecule is O=C(NC1CCc2c(F)cccc21)C1(O)CCCC1. The van der Waals surface area contributed by atoms with Gasteiger partial charge in [-0.05, 0) is 55.7 Å². The second kappa shape index (κ2) is 4.60. The number of hydrogen-bond donors (Lipinski definition) is 2. The van der Waals surface area contributed by atoms with E-state index in [4.69, 9.17) is 0 Å².